The molecule has 0 saturated carbocycles. The molecular weight excluding hydrogens is 388 g/mol. The van der Waals surface area contributed by atoms with Crippen LogP contribution in [0.2, 0.25) is 0 Å². The Labute approximate surface area is 176 Å². The van der Waals surface area contributed by atoms with E-state index in [1.165, 1.54) is 0 Å². The van der Waals surface area contributed by atoms with Crippen LogP contribution in [-0.4, -0.2) is 48.0 Å². The van der Waals surface area contributed by atoms with E-state index in [1.807, 2.05) is 30.3 Å². The summed E-state index contributed by atoms with van der Waals surface area (Å²) in [6.45, 7) is 2.14. The highest BCUT2D eigenvalue weighted by molar-refractivity contribution is 5.85. The number of nitriles is 2. The van der Waals surface area contributed by atoms with Gasteiger partial charge in [0.25, 0.3) is 0 Å². The molecule has 150 valence electrons. The second-order valence-corrected chi connectivity index (χ2v) is 6.58. The summed E-state index contributed by atoms with van der Waals surface area (Å²) in [4.78, 5) is 18.4. The predicted octanol–water partition coefficient (Wildman–Crippen LogP) is 2.56. The second kappa shape index (κ2) is 11.0. The summed E-state index contributed by atoms with van der Waals surface area (Å²) < 4.78 is 0. The largest absolute Gasteiger partial charge is 0.369 e. The molecule has 1 aliphatic heterocycles. The Morgan fingerprint density at radius 3 is 2.69 bits per heavy atom. The minimum absolute atomic E-state index is 0. The van der Waals surface area contributed by atoms with Crippen molar-refractivity contribution in [2.24, 2.45) is 0 Å². The fourth-order valence-corrected chi connectivity index (χ4v) is 3.18. The average Bonchev–Trinajstić information content (AvgIpc) is 3.23. The summed E-state index contributed by atoms with van der Waals surface area (Å²) in [5.74, 6) is 0.726. The Balaban J connectivity index is 0.00000300. The molecule has 1 atom stereocenters. The third kappa shape index (κ3) is 5.92. The van der Waals surface area contributed by atoms with Gasteiger partial charge in [0.2, 0.25) is 5.91 Å². The lowest BCUT2D eigenvalue weighted by Crippen LogP contribution is -2.41. The van der Waals surface area contributed by atoms with Gasteiger partial charge in [-0.15, -0.1) is 12.4 Å². The van der Waals surface area contributed by atoms with Gasteiger partial charge in [0.05, 0.1) is 29.9 Å². The fourth-order valence-electron chi connectivity index (χ4n) is 3.18. The molecule has 0 bridgehead atoms. The van der Waals surface area contributed by atoms with Gasteiger partial charge in [0, 0.05) is 25.2 Å². The van der Waals surface area contributed by atoms with E-state index in [4.69, 9.17) is 10.5 Å². The zero-order valence-corrected chi connectivity index (χ0v) is 16.8. The lowest BCUT2D eigenvalue weighted by molar-refractivity contribution is -0.130. The summed E-state index contributed by atoms with van der Waals surface area (Å²) >= 11 is 0. The second-order valence-electron chi connectivity index (χ2n) is 6.58. The fraction of sp³-hybridized carbons (Fsp3) is 0.333. The predicted molar refractivity (Wildman–Crippen MR) is 113 cm³/mol. The lowest BCUT2D eigenvalue weighted by Gasteiger charge is -2.19. The van der Waals surface area contributed by atoms with Gasteiger partial charge < -0.3 is 15.5 Å². The molecule has 2 heterocycles. The summed E-state index contributed by atoms with van der Waals surface area (Å²) in [6, 6.07) is 17.1. The number of nitrogens with zero attached hydrogens (tertiary/aromatic N) is 4. The molecule has 2 aromatic rings. The van der Waals surface area contributed by atoms with E-state index >= 15 is 0 Å². The molecule has 1 aromatic carbocycles. The Kier molecular flexibility index (Phi) is 8.42. The maximum atomic E-state index is 12.2. The number of halogens is 1. The number of aromatic nitrogens is 1. The van der Waals surface area contributed by atoms with E-state index in [1.54, 1.807) is 17.0 Å². The number of rotatable bonds is 7. The molecule has 1 aliphatic rings. The minimum Gasteiger partial charge on any atom is -0.369 e. The van der Waals surface area contributed by atoms with Crippen LogP contribution in [0.4, 0.5) is 5.82 Å². The molecule has 1 fully saturated rings. The summed E-state index contributed by atoms with van der Waals surface area (Å²) in [6.07, 6.45) is 1.66. The standard InChI is InChI=1S/C21H22N6O.ClH/c22-13-16-6-8-17(9-7-16)19-4-1-5-20(26-19)25-11-10-24-15-21(28)27-12-2-3-18(27)14-23;/h1,4-9,18,24H,2-3,10-12,15H2,(H,25,26);1H/t18-;/m0./s1. The number of anilines is 1. The zero-order valence-electron chi connectivity index (χ0n) is 16.0. The van der Waals surface area contributed by atoms with Crippen LogP contribution in [-0.2, 0) is 4.79 Å². The summed E-state index contributed by atoms with van der Waals surface area (Å²) in [5.41, 5.74) is 2.40. The van der Waals surface area contributed by atoms with Gasteiger partial charge in [0.1, 0.15) is 11.9 Å². The van der Waals surface area contributed by atoms with E-state index < -0.39 is 0 Å². The number of carbonyl (C=O) groups is 1. The average molecular weight is 411 g/mol. The first-order chi connectivity index (χ1) is 13.7. The van der Waals surface area contributed by atoms with E-state index in [0.717, 1.165) is 29.9 Å². The number of amides is 1. The van der Waals surface area contributed by atoms with Gasteiger partial charge in [-0.05, 0) is 37.1 Å². The van der Waals surface area contributed by atoms with Gasteiger partial charge in [-0.2, -0.15) is 10.5 Å². The molecule has 0 spiro atoms. The van der Waals surface area contributed by atoms with E-state index in [2.05, 4.69) is 27.8 Å². The number of hydrogen-bond acceptors (Lipinski definition) is 6. The quantitative estimate of drug-likeness (QED) is 0.679. The first-order valence-electron chi connectivity index (χ1n) is 9.32. The Hall–Kier alpha value is -3.13. The maximum Gasteiger partial charge on any atom is 0.237 e. The minimum atomic E-state index is -0.276. The van der Waals surface area contributed by atoms with Crippen LogP contribution in [0.3, 0.4) is 0 Å². The highest BCUT2D eigenvalue weighted by atomic mass is 35.5. The van der Waals surface area contributed by atoms with Gasteiger partial charge in [-0.25, -0.2) is 4.98 Å². The number of nitrogens with one attached hydrogen (secondary N) is 2. The van der Waals surface area contributed by atoms with Gasteiger partial charge in [-0.1, -0.05) is 18.2 Å². The van der Waals surface area contributed by atoms with Crippen molar-refractivity contribution in [2.45, 2.75) is 18.9 Å². The van der Waals surface area contributed by atoms with Crippen molar-refractivity contribution in [2.75, 3.05) is 31.5 Å². The highest BCUT2D eigenvalue weighted by Gasteiger charge is 2.27. The van der Waals surface area contributed by atoms with Crippen molar-refractivity contribution in [1.82, 2.24) is 15.2 Å². The Morgan fingerprint density at radius 1 is 1.17 bits per heavy atom. The monoisotopic (exact) mass is 410 g/mol. The maximum absolute atomic E-state index is 12.2. The third-order valence-corrected chi connectivity index (χ3v) is 4.67. The number of hydrogen-bond donors (Lipinski definition) is 2. The topological polar surface area (TPSA) is 105 Å². The first kappa shape index (κ1) is 22.2. The van der Waals surface area contributed by atoms with Crippen LogP contribution < -0.4 is 10.6 Å². The van der Waals surface area contributed by atoms with E-state index in [0.29, 0.717) is 25.2 Å². The normalized spacial score (nSPS) is 15.1. The molecule has 29 heavy (non-hydrogen) atoms. The smallest absolute Gasteiger partial charge is 0.237 e. The third-order valence-electron chi connectivity index (χ3n) is 4.67. The van der Waals surface area contributed by atoms with Crippen LogP contribution in [0.5, 0.6) is 0 Å². The molecule has 1 aromatic heterocycles. The number of likely N-dealkylation sites (tertiary alicyclic amines) is 1. The van der Waals surface area contributed by atoms with Crippen molar-refractivity contribution < 1.29 is 4.79 Å². The van der Waals surface area contributed by atoms with Crippen molar-refractivity contribution in [3.05, 3.63) is 48.0 Å². The van der Waals surface area contributed by atoms with Crippen LogP contribution in [0.1, 0.15) is 18.4 Å². The van der Waals surface area contributed by atoms with Crippen LogP contribution in [0, 0.1) is 22.7 Å². The first-order valence-corrected chi connectivity index (χ1v) is 9.32. The molecule has 2 N–H and O–H groups in total. The Morgan fingerprint density at radius 2 is 1.97 bits per heavy atom. The number of pyridine rings is 1. The van der Waals surface area contributed by atoms with Crippen molar-refractivity contribution in [3.63, 3.8) is 0 Å². The van der Waals surface area contributed by atoms with Crippen molar-refractivity contribution in [1.29, 1.82) is 10.5 Å². The molecule has 0 unspecified atom stereocenters. The van der Waals surface area contributed by atoms with Gasteiger partial charge in [0.15, 0.2) is 0 Å². The molecule has 1 saturated heterocycles. The van der Waals surface area contributed by atoms with Gasteiger partial charge >= 0.3 is 0 Å². The SMILES string of the molecule is Cl.N#Cc1ccc(-c2cccc(NCCNCC(=O)N3CCC[C@H]3C#N)n2)cc1. The van der Waals surface area contributed by atoms with E-state index in [-0.39, 0.29) is 30.9 Å². The van der Waals surface area contributed by atoms with Crippen LogP contribution in [0.15, 0.2) is 42.5 Å². The van der Waals surface area contributed by atoms with Crippen LogP contribution in [0.25, 0.3) is 11.3 Å². The molecule has 7 nitrogen and oxygen atoms in total. The van der Waals surface area contributed by atoms with Crippen molar-refractivity contribution >= 4 is 24.1 Å². The molecule has 8 heteroatoms. The summed E-state index contributed by atoms with van der Waals surface area (Å²) in [7, 11) is 0. The summed E-state index contributed by atoms with van der Waals surface area (Å²) in [5, 5.41) is 24.3. The highest BCUT2D eigenvalue weighted by Crippen LogP contribution is 2.19. The zero-order chi connectivity index (χ0) is 19.8. The molecule has 1 amide bonds. The van der Waals surface area contributed by atoms with Crippen LogP contribution >= 0.6 is 12.4 Å². The van der Waals surface area contributed by atoms with E-state index in [9.17, 15) is 4.79 Å². The number of carbonyl (C=O) groups excluding carboxylic acids is 1. The molecule has 0 radical (unpaired) electrons. The van der Waals surface area contributed by atoms with Crippen molar-refractivity contribution in [3.8, 4) is 23.4 Å². The molecule has 0 aliphatic carbocycles. The lowest BCUT2D eigenvalue weighted by atomic mass is 10.1. The van der Waals surface area contributed by atoms with Gasteiger partial charge in [-0.3, -0.25) is 4.79 Å². The number of benzene rings is 1. The Bertz CT molecular complexity index is 903. The molecule has 3 rings (SSSR count). The molecular formula is C21H23ClN6O.